The summed E-state index contributed by atoms with van der Waals surface area (Å²) in [6.45, 7) is 2.15. The summed E-state index contributed by atoms with van der Waals surface area (Å²) in [6.07, 6.45) is 2.49. The van der Waals surface area contributed by atoms with Gasteiger partial charge in [0.25, 0.3) is 0 Å². The highest BCUT2D eigenvalue weighted by atomic mass is 16.5. The van der Waals surface area contributed by atoms with Gasteiger partial charge in [0, 0.05) is 24.2 Å². The van der Waals surface area contributed by atoms with Gasteiger partial charge in [0.15, 0.2) is 6.61 Å². The monoisotopic (exact) mass is 256 g/mol. The van der Waals surface area contributed by atoms with E-state index < -0.39 is 0 Å². The molecule has 1 atom stereocenters. The van der Waals surface area contributed by atoms with Crippen LogP contribution in [0.1, 0.15) is 12.7 Å². The van der Waals surface area contributed by atoms with Crippen LogP contribution in [0, 0.1) is 11.3 Å². The van der Waals surface area contributed by atoms with E-state index in [-0.39, 0.29) is 12.6 Å². The molecule has 1 aromatic heterocycles. The summed E-state index contributed by atoms with van der Waals surface area (Å²) in [5, 5.41) is 11.9. The van der Waals surface area contributed by atoms with Gasteiger partial charge in [0.2, 0.25) is 0 Å². The Hall–Kier alpha value is -2.41. The third-order valence-electron chi connectivity index (χ3n) is 2.64. The molecule has 0 aliphatic heterocycles. The molecule has 1 unspecified atom stereocenters. The first kappa shape index (κ1) is 13.0. The third-order valence-corrected chi connectivity index (χ3v) is 2.64. The molecule has 0 bridgehead atoms. The number of nitriles is 1. The molecule has 0 fully saturated rings. The van der Waals surface area contributed by atoms with E-state index in [2.05, 4.69) is 12.2 Å². The summed E-state index contributed by atoms with van der Waals surface area (Å²) < 4.78 is 10.6. The Morgan fingerprint density at radius 1 is 1.37 bits per heavy atom. The first-order valence-electron chi connectivity index (χ1n) is 6.16. The van der Waals surface area contributed by atoms with Gasteiger partial charge < -0.3 is 14.5 Å². The van der Waals surface area contributed by atoms with Crippen molar-refractivity contribution in [2.45, 2.75) is 19.4 Å². The maximum absolute atomic E-state index is 8.48. The van der Waals surface area contributed by atoms with Crippen LogP contribution >= 0.6 is 0 Å². The molecule has 19 heavy (non-hydrogen) atoms. The predicted molar refractivity (Wildman–Crippen MR) is 73.0 cm³/mol. The number of benzene rings is 1. The lowest BCUT2D eigenvalue weighted by Crippen LogP contribution is -2.17. The summed E-state index contributed by atoms with van der Waals surface area (Å²) in [5.41, 5.74) is 0.967. The second kappa shape index (κ2) is 6.50. The van der Waals surface area contributed by atoms with Gasteiger partial charge in [0.1, 0.15) is 17.6 Å². The van der Waals surface area contributed by atoms with Crippen LogP contribution in [0.15, 0.2) is 47.1 Å². The topological polar surface area (TPSA) is 58.2 Å². The fraction of sp³-hybridized carbons (Fsp3) is 0.267. The third kappa shape index (κ3) is 4.07. The molecular formula is C15H16N2O2. The molecule has 0 spiro atoms. The van der Waals surface area contributed by atoms with Gasteiger partial charge in [0.05, 0.1) is 6.26 Å². The van der Waals surface area contributed by atoms with Crippen LogP contribution < -0.4 is 10.1 Å². The van der Waals surface area contributed by atoms with E-state index in [1.54, 1.807) is 6.26 Å². The molecule has 0 saturated carbocycles. The first-order chi connectivity index (χ1) is 9.28. The van der Waals surface area contributed by atoms with Crippen molar-refractivity contribution in [1.29, 1.82) is 5.26 Å². The maximum atomic E-state index is 8.48. The number of hydrogen-bond acceptors (Lipinski definition) is 4. The Balaban J connectivity index is 1.93. The molecule has 2 aromatic rings. The second-order valence-electron chi connectivity index (χ2n) is 4.30. The van der Waals surface area contributed by atoms with Crippen LogP contribution in [-0.4, -0.2) is 12.6 Å². The Bertz CT molecular complexity index is 544. The van der Waals surface area contributed by atoms with Crippen LogP contribution in [0.2, 0.25) is 0 Å². The maximum Gasteiger partial charge on any atom is 0.174 e. The van der Waals surface area contributed by atoms with Crippen LogP contribution in [-0.2, 0) is 6.42 Å². The largest absolute Gasteiger partial charge is 0.479 e. The molecular weight excluding hydrogens is 240 g/mol. The van der Waals surface area contributed by atoms with Gasteiger partial charge in [-0.25, -0.2) is 0 Å². The van der Waals surface area contributed by atoms with E-state index in [1.807, 2.05) is 42.5 Å². The Morgan fingerprint density at radius 3 is 3.00 bits per heavy atom. The van der Waals surface area contributed by atoms with Gasteiger partial charge in [-0.2, -0.15) is 5.26 Å². The highest BCUT2D eigenvalue weighted by Crippen LogP contribution is 2.18. The normalized spacial score (nSPS) is 11.6. The minimum absolute atomic E-state index is 0.0609. The van der Waals surface area contributed by atoms with E-state index >= 15 is 0 Å². The quantitative estimate of drug-likeness (QED) is 0.862. The second-order valence-corrected chi connectivity index (χ2v) is 4.30. The molecule has 1 heterocycles. The van der Waals surface area contributed by atoms with Crippen LogP contribution in [0.4, 0.5) is 5.69 Å². The Morgan fingerprint density at radius 2 is 2.26 bits per heavy atom. The van der Waals surface area contributed by atoms with Gasteiger partial charge in [-0.05, 0) is 31.2 Å². The average molecular weight is 256 g/mol. The van der Waals surface area contributed by atoms with E-state index in [0.717, 1.165) is 17.9 Å². The van der Waals surface area contributed by atoms with Crippen molar-refractivity contribution >= 4 is 5.69 Å². The highest BCUT2D eigenvalue weighted by Gasteiger charge is 2.06. The van der Waals surface area contributed by atoms with Crippen molar-refractivity contribution in [2.75, 3.05) is 11.9 Å². The Labute approximate surface area is 112 Å². The molecule has 2 rings (SSSR count). The number of anilines is 1. The molecule has 0 amide bonds. The van der Waals surface area contributed by atoms with E-state index in [1.165, 1.54) is 0 Å². The molecule has 0 radical (unpaired) electrons. The minimum Gasteiger partial charge on any atom is -0.479 e. The van der Waals surface area contributed by atoms with E-state index in [4.69, 9.17) is 14.4 Å². The van der Waals surface area contributed by atoms with E-state index in [0.29, 0.717) is 5.75 Å². The first-order valence-corrected chi connectivity index (χ1v) is 6.16. The SMILES string of the molecule is CC(Cc1ccco1)Nc1cccc(OCC#N)c1. The van der Waals surface area contributed by atoms with Crippen molar-refractivity contribution < 1.29 is 9.15 Å². The summed E-state index contributed by atoms with van der Waals surface area (Å²) in [5.74, 6) is 1.65. The fourth-order valence-electron chi connectivity index (χ4n) is 1.86. The zero-order valence-corrected chi connectivity index (χ0v) is 10.8. The van der Waals surface area contributed by atoms with Crippen molar-refractivity contribution in [1.82, 2.24) is 0 Å². The number of hydrogen-bond donors (Lipinski definition) is 1. The number of nitrogens with zero attached hydrogens (tertiary/aromatic N) is 1. The summed E-state index contributed by atoms with van der Waals surface area (Å²) in [7, 11) is 0. The van der Waals surface area contributed by atoms with Crippen molar-refractivity contribution in [3.8, 4) is 11.8 Å². The lowest BCUT2D eigenvalue weighted by molar-refractivity contribution is 0.368. The summed E-state index contributed by atoms with van der Waals surface area (Å²) in [6, 6.07) is 13.6. The van der Waals surface area contributed by atoms with Crippen LogP contribution in [0.25, 0.3) is 0 Å². The lowest BCUT2D eigenvalue weighted by atomic mass is 10.2. The molecule has 1 N–H and O–H groups in total. The van der Waals surface area contributed by atoms with E-state index in [9.17, 15) is 0 Å². The van der Waals surface area contributed by atoms with Crippen molar-refractivity contribution in [3.05, 3.63) is 48.4 Å². The highest BCUT2D eigenvalue weighted by molar-refractivity contribution is 5.48. The molecule has 1 aromatic carbocycles. The minimum atomic E-state index is 0.0609. The molecule has 0 saturated heterocycles. The Kier molecular flexibility index (Phi) is 4.46. The van der Waals surface area contributed by atoms with Gasteiger partial charge in [-0.1, -0.05) is 6.07 Å². The van der Waals surface area contributed by atoms with Crippen molar-refractivity contribution in [3.63, 3.8) is 0 Å². The number of furan rings is 1. The van der Waals surface area contributed by atoms with Gasteiger partial charge >= 0.3 is 0 Å². The van der Waals surface area contributed by atoms with Gasteiger partial charge in [-0.15, -0.1) is 0 Å². The summed E-state index contributed by atoms with van der Waals surface area (Å²) >= 11 is 0. The summed E-state index contributed by atoms with van der Waals surface area (Å²) in [4.78, 5) is 0. The van der Waals surface area contributed by atoms with Gasteiger partial charge in [-0.3, -0.25) is 0 Å². The van der Waals surface area contributed by atoms with Crippen LogP contribution in [0.5, 0.6) is 5.75 Å². The number of ether oxygens (including phenoxy) is 1. The average Bonchev–Trinajstić information content (AvgIpc) is 2.89. The molecule has 0 aliphatic rings. The smallest absolute Gasteiger partial charge is 0.174 e. The zero-order chi connectivity index (χ0) is 13.5. The molecule has 0 aliphatic carbocycles. The number of nitrogens with one attached hydrogen (secondary N) is 1. The lowest BCUT2D eigenvalue weighted by Gasteiger charge is -2.14. The number of rotatable bonds is 6. The van der Waals surface area contributed by atoms with Crippen LogP contribution in [0.3, 0.4) is 0 Å². The fourth-order valence-corrected chi connectivity index (χ4v) is 1.86. The molecule has 98 valence electrons. The molecule has 4 heteroatoms. The zero-order valence-electron chi connectivity index (χ0n) is 10.8. The standard InChI is InChI=1S/C15H16N2O2/c1-12(10-14-6-3-8-18-14)17-13-4-2-5-15(11-13)19-9-7-16/h2-6,8,11-12,17H,9-10H2,1H3. The van der Waals surface area contributed by atoms with Crippen molar-refractivity contribution in [2.24, 2.45) is 0 Å². The predicted octanol–water partition coefficient (Wildman–Crippen LogP) is 3.23. The molecule has 4 nitrogen and oxygen atoms in total.